The third-order valence-electron chi connectivity index (χ3n) is 3.86. The van der Waals surface area contributed by atoms with E-state index < -0.39 is 5.97 Å². The van der Waals surface area contributed by atoms with Crippen LogP contribution in [0.3, 0.4) is 0 Å². The lowest BCUT2D eigenvalue weighted by molar-refractivity contribution is -0.121. The molecule has 2 aromatic carbocycles. The average Bonchev–Trinajstić information content (AvgIpc) is 2.91. The largest absolute Gasteiger partial charge is 0.478 e. The van der Waals surface area contributed by atoms with E-state index in [1.165, 1.54) is 28.8 Å². The van der Waals surface area contributed by atoms with Crippen LogP contribution in [0.5, 0.6) is 0 Å². The fraction of sp³-hybridized carbons (Fsp3) is 0.0952. The summed E-state index contributed by atoms with van der Waals surface area (Å²) in [6.45, 7) is 6.03. The van der Waals surface area contributed by atoms with Gasteiger partial charge in [0, 0.05) is 6.54 Å². The van der Waals surface area contributed by atoms with Crippen LogP contribution < -0.4 is 0 Å². The summed E-state index contributed by atoms with van der Waals surface area (Å²) in [5, 5.41) is 9.64. The molecule has 0 saturated carbocycles. The van der Waals surface area contributed by atoms with Crippen molar-refractivity contribution in [2.45, 2.75) is 6.92 Å². The third-order valence-corrected chi connectivity index (χ3v) is 4.86. The number of amidine groups is 1. The molecule has 136 valence electrons. The van der Waals surface area contributed by atoms with E-state index in [2.05, 4.69) is 11.6 Å². The van der Waals surface area contributed by atoms with Gasteiger partial charge in [-0.15, -0.1) is 6.58 Å². The zero-order chi connectivity index (χ0) is 19.4. The number of carbonyl (C=O) groups excluding carboxylic acids is 1. The SMILES string of the molecule is C=CCN1C(=O)/C(=C/c2cccc(C)c2)SC1=Nc1cccc(C(=O)O)c1. The van der Waals surface area contributed by atoms with Gasteiger partial charge in [0.1, 0.15) is 0 Å². The molecule has 2 aromatic rings. The summed E-state index contributed by atoms with van der Waals surface area (Å²) in [6.07, 6.45) is 3.48. The van der Waals surface area contributed by atoms with Gasteiger partial charge in [-0.2, -0.15) is 0 Å². The Morgan fingerprint density at radius 3 is 2.74 bits per heavy atom. The molecule has 27 heavy (non-hydrogen) atoms. The first kappa shape index (κ1) is 18.7. The topological polar surface area (TPSA) is 70.0 Å². The van der Waals surface area contributed by atoms with E-state index >= 15 is 0 Å². The number of nitrogens with zero attached hydrogens (tertiary/aromatic N) is 2. The number of carboxylic acids is 1. The van der Waals surface area contributed by atoms with Gasteiger partial charge in [-0.3, -0.25) is 9.69 Å². The Hall–Kier alpha value is -3.12. The minimum absolute atomic E-state index is 0.144. The van der Waals surface area contributed by atoms with Crippen LogP contribution in [0.25, 0.3) is 6.08 Å². The van der Waals surface area contributed by atoms with Crippen LogP contribution in [0.4, 0.5) is 5.69 Å². The second-order valence-electron chi connectivity index (χ2n) is 5.98. The Bertz CT molecular complexity index is 979. The number of rotatable bonds is 5. The molecule has 1 heterocycles. The number of aliphatic imine (C=N–C) groups is 1. The molecule has 1 aliphatic rings. The van der Waals surface area contributed by atoms with Crippen molar-refractivity contribution in [3.63, 3.8) is 0 Å². The van der Waals surface area contributed by atoms with Gasteiger partial charge >= 0.3 is 5.97 Å². The van der Waals surface area contributed by atoms with Crippen molar-refractivity contribution in [1.29, 1.82) is 0 Å². The molecule has 1 N–H and O–H groups in total. The van der Waals surface area contributed by atoms with Gasteiger partial charge in [0.05, 0.1) is 16.2 Å². The number of amides is 1. The third kappa shape index (κ3) is 4.35. The number of benzene rings is 2. The number of aryl methyl sites for hydroxylation is 1. The van der Waals surface area contributed by atoms with Crippen molar-refractivity contribution < 1.29 is 14.7 Å². The number of hydrogen-bond acceptors (Lipinski definition) is 4. The predicted octanol–water partition coefficient (Wildman–Crippen LogP) is 4.48. The maximum absolute atomic E-state index is 12.8. The first-order valence-electron chi connectivity index (χ1n) is 8.29. The first-order chi connectivity index (χ1) is 13.0. The number of carbonyl (C=O) groups is 2. The standard InChI is InChI=1S/C21H18N2O3S/c1-3-10-23-19(24)18(12-15-7-4-6-14(2)11-15)27-21(23)22-17-9-5-8-16(13-17)20(25)26/h3-9,11-13H,1,10H2,2H3,(H,25,26)/b18-12-,22-21?. The molecule has 1 fully saturated rings. The van der Waals surface area contributed by atoms with E-state index in [4.69, 9.17) is 5.11 Å². The van der Waals surface area contributed by atoms with Gasteiger partial charge < -0.3 is 5.11 Å². The predicted molar refractivity (Wildman–Crippen MR) is 109 cm³/mol. The van der Waals surface area contributed by atoms with Crippen LogP contribution in [-0.2, 0) is 4.79 Å². The lowest BCUT2D eigenvalue weighted by Crippen LogP contribution is -2.29. The van der Waals surface area contributed by atoms with Gasteiger partial charge in [0.2, 0.25) is 0 Å². The first-order valence-corrected chi connectivity index (χ1v) is 9.10. The molecule has 0 unspecified atom stereocenters. The van der Waals surface area contributed by atoms with Crippen LogP contribution in [0.1, 0.15) is 21.5 Å². The summed E-state index contributed by atoms with van der Waals surface area (Å²) >= 11 is 1.27. The van der Waals surface area contributed by atoms with Gasteiger partial charge in [0.15, 0.2) is 5.17 Å². The van der Waals surface area contributed by atoms with Crippen molar-refractivity contribution in [1.82, 2.24) is 4.90 Å². The zero-order valence-corrected chi connectivity index (χ0v) is 15.6. The molecule has 0 aromatic heterocycles. The minimum atomic E-state index is -1.02. The second kappa shape index (κ2) is 8.05. The van der Waals surface area contributed by atoms with E-state index in [0.29, 0.717) is 22.3 Å². The maximum atomic E-state index is 12.8. The average molecular weight is 378 g/mol. The zero-order valence-electron chi connectivity index (χ0n) is 14.8. The molecule has 1 amide bonds. The van der Waals surface area contributed by atoms with Crippen molar-refractivity contribution in [3.05, 3.63) is 82.8 Å². The fourth-order valence-electron chi connectivity index (χ4n) is 2.61. The highest BCUT2D eigenvalue weighted by Crippen LogP contribution is 2.34. The van der Waals surface area contributed by atoms with Gasteiger partial charge in [-0.25, -0.2) is 9.79 Å². The smallest absolute Gasteiger partial charge is 0.335 e. The maximum Gasteiger partial charge on any atom is 0.335 e. The highest BCUT2D eigenvalue weighted by atomic mass is 32.2. The molecule has 0 aliphatic carbocycles. The summed E-state index contributed by atoms with van der Waals surface area (Å²) < 4.78 is 0. The highest BCUT2D eigenvalue weighted by molar-refractivity contribution is 8.18. The van der Waals surface area contributed by atoms with Crippen molar-refractivity contribution in [3.8, 4) is 0 Å². The fourth-order valence-corrected chi connectivity index (χ4v) is 3.62. The van der Waals surface area contributed by atoms with E-state index in [1.54, 1.807) is 18.2 Å². The molecule has 0 atom stereocenters. The Balaban J connectivity index is 1.97. The summed E-state index contributed by atoms with van der Waals surface area (Å²) in [4.78, 5) is 30.5. The minimum Gasteiger partial charge on any atom is -0.478 e. The number of carboxylic acid groups (broad SMARTS) is 1. The Labute approximate surface area is 161 Å². The summed E-state index contributed by atoms with van der Waals surface area (Å²) in [5.41, 5.74) is 2.69. The van der Waals surface area contributed by atoms with Crippen LogP contribution in [0.15, 0.2) is 71.1 Å². The van der Waals surface area contributed by atoms with Gasteiger partial charge in [-0.1, -0.05) is 42.0 Å². The normalized spacial score (nSPS) is 16.9. The molecule has 0 bridgehead atoms. The molecular formula is C21H18N2O3S. The van der Waals surface area contributed by atoms with Crippen LogP contribution in [0.2, 0.25) is 0 Å². The van der Waals surface area contributed by atoms with Gasteiger partial charge in [-0.05, 0) is 48.5 Å². The Morgan fingerprint density at radius 1 is 1.26 bits per heavy atom. The summed E-state index contributed by atoms with van der Waals surface area (Å²) in [5.74, 6) is -1.16. The van der Waals surface area contributed by atoms with E-state index in [0.717, 1.165) is 11.1 Å². The van der Waals surface area contributed by atoms with E-state index in [1.807, 2.05) is 37.3 Å². The summed E-state index contributed by atoms with van der Waals surface area (Å²) in [6, 6.07) is 14.2. The lowest BCUT2D eigenvalue weighted by Gasteiger charge is -2.12. The van der Waals surface area contributed by atoms with Crippen molar-refractivity contribution >= 4 is 40.6 Å². The number of hydrogen-bond donors (Lipinski definition) is 1. The molecule has 0 radical (unpaired) electrons. The highest BCUT2D eigenvalue weighted by Gasteiger charge is 2.32. The van der Waals surface area contributed by atoms with Crippen LogP contribution in [-0.4, -0.2) is 33.6 Å². The number of thioether (sulfide) groups is 1. The summed E-state index contributed by atoms with van der Waals surface area (Å²) in [7, 11) is 0. The van der Waals surface area contributed by atoms with Crippen molar-refractivity contribution in [2.24, 2.45) is 4.99 Å². The van der Waals surface area contributed by atoms with Crippen molar-refractivity contribution in [2.75, 3.05) is 6.54 Å². The molecular weight excluding hydrogens is 360 g/mol. The Kier molecular flexibility index (Phi) is 5.57. The monoisotopic (exact) mass is 378 g/mol. The van der Waals surface area contributed by atoms with Crippen LogP contribution >= 0.6 is 11.8 Å². The molecule has 0 spiro atoms. The molecule has 5 nitrogen and oxygen atoms in total. The second-order valence-corrected chi connectivity index (χ2v) is 6.99. The quantitative estimate of drug-likeness (QED) is 0.615. The van der Waals surface area contributed by atoms with Crippen LogP contribution in [0, 0.1) is 6.92 Å². The molecule has 1 saturated heterocycles. The number of aromatic carboxylic acids is 1. The van der Waals surface area contributed by atoms with Gasteiger partial charge in [0.25, 0.3) is 5.91 Å². The van der Waals surface area contributed by atoms with E-state index in [-0.39, 0.29) is 11.5 Å². The Morgan fingerprint density at radius 2 is 2.04 bits per heavy atom. The van der Waals surface area contributed by atoms with E-state index in [9.17, 15) is 9.59 Å². The molecule has 1 aliphatic heterocycles. The molecule has 6 heteroatoms. The lowest BCUT2D eigenvalue weighted by atomic mass is 10.1. The molecule has 3 rings (SSSR count).